The van der Waals surface area contributed by atoms with Gasteiger partial charge >= 0.3 is 0 Å². The molecule has 0 saturated carbocycles. The number of hydrogen-bond acceptors (Lipinski definition) is 5. The molecule has 0 aromatic rings. The summed E-state index contributed by atoms with van der Waals surface area (Å²) in [5.74, 6) is 0.908. The van der Waals surface area contributed by atoms with Gasteiger partial charge in [0.2, 0.25) is 0 Å². The fraction of sp³-hybridized carbons (Fsp3) is 0.947. The molecule has 2 aliphatic heterocycles. The van der Waals surface area contributed by atoms with Crippen LogP contribution in [0.15, 0.2) is 4.99 Å². The Balaban J connectivity index is 1.60. The molecule has 0 aromatic carbocycles. The Labute approximate surface area is 158 Å². The highest BCUT2D eigenvalue weighted by Crippen LogP contribution is 2.16. The third kappa shape index (κ3) is 8.20. The summed E-state index contributed by atoms with van der Waals surface area (Å²) < 4.78 is 16.5. The van der Waals surface area contributed by atoms with Crippen molar-refractivity contribution in [1.82, 2.24) is 15.5 Å². The van der Waals surface area contributed by atoms with E-state index in [1.165, 1.54) is 19.3 Å². The van der Waals surface area contributed by atoms with E-state index in [2.05, 4.69) is 22.5 Å². The Hall–Kier alpha value is -0.890. The molecule has 0 aliphatic carbocycles. The molecule has 7 nitrogen and oxygen atoms in total. The molecule has 0 aromatic heterocycles. The second-order valence-corrected chi connectivity index (χ2v) is 7.03. The molecule has 26 heavy (non-hydrogen) atoms. The normalized spacial score (nSPS) is 24.3. The number of ether oxygens (including phenoxy) is 3. The lowest BCUT2D eigenvalue weighted by Crippen LogP contribution is -2.40. The molecular weight excluding hydrogens is 332 g/mol. The van der Waals surface area contributed by atoms with E-state index in [0.717, 1.165) is 78.0 Å². The van der Waals surface area contributed by atoms with E-state index < -0.39 is 0 Å². The average Bonchev–Trinajstić information content (AvgIpc) is 3.32. The monoisotopic (exact) mass is 370 g/mol. The van der Waals surface area contributed by atoms with E-state index in [0.29, 0.717) is 12.1 Å². The van der Waals surface area contributed by atoms with Crippen LogP contribution in [0.3, 0.4) is 0 Å². The maximum absolute atomic E-state index is 5.71. The van der Waals surface area contributed by atoms with Crippen molar-refractivity contribution < 1.29 is 14.2 Å². The molecule has 152 valence electrons. The van der Waals surface area contributed by atoms with Gasteiger partial charge in [-0.15, -0.1) is 0 Å². The summed E-state index contributed by atoms with van der Waals surface area (Å²) in [4.78, 5) is 7.28. The first kappa shape index (κ1) is 21.4. The third-order valence-corrected chi connectivity index (χ3v) is 4.97. The molecule has 2 fully saturated rings. The van der Waals surface area contributed by atoms with Crippen LogP contribution in [0.25, 0.3) is 0 Å². The van der Waals surface area contributed by atoms with Crippen molar-refractivity contribution in [2.45, 2.75) is 51.2 Å². The summed E-state index contributed by atoms with van der Waals surface area (Å²) in [7, 11) is 1.76. The van der Waals surface area contributed by atoms with Crippen LogP contribution in [0.1, 0.15) is 39.0 Å². The number of aliphatic imine (C=N–C) groups is 1. The lowest BCUT2D eigenvalue weighted by Gasteiger charge is -2.23. The zero-order valence-corrected chi connectivity index (χ0v) is 16.7. The van der Waals surface area contributed by atoms with Crippen molar-refractivity contribution in [2.24, 2.45) is 4.99 Å². The van der Waals surface area contributed by atoms with Crippen LogP contribution in [0.5, 0.6) is 0 Å². The summed E-state index contributed by atoms with van der Waals surface area (Å²) >= 11 is 0. The lowest BCUT2D eigenvalue weighted by atomic mass is 10.2. The highest BCUT2D eigenvalue weighted by molar-refractivity contribution is 5.79. The molecule has 2 atom stereocenters. The molecule has 0 bridgehead atoms. The van der Waals surface area contributed by atoms with Gasteiger partial charge in [-0.2, -0.15) is 0 Å². The number of likely N-dealkylation sites (tertiary alicyclic amines) is 1. The number of guanidine groups is 1. The minimum absolute atomic E-state index is 0.314. The van der Waals surface area contributed by atoms with Gasteiger partial charge in [0.25, 0.3) is 0 Å². The van der Waals surface area contributed by atoms with Crippen molar-refractivity contribution in [3.05, 3.63) is 0 Å². The standard InChI is InChI=1S/C19H38N4O3/c1-3-20-19(21-9-6-12-25-16-18-8-5-13-26-18)22-15-17-7-4-10-23(17)11-14-24-2/h17-18H,3-16H2,1-2H3,(H2,20,21,22). The SMILES string of the molecule is CCNC(=NCC1CCCN1CCOC)NCCCOCC1CCCO1. The van der Waals surface area contributed by atoms with Crippen LogP contribution in [0.4, 0.5) is 0 Å². The van der Waals surface area contributed by atoms with E-state index in [1.807, 2.05) is 0 Å². The maximum atomic E-state index is 5.71. The second kappa shape index (κ2) is 13.3. The summed E-state index contributed by atoms with van der Waals surface area (Å²) in [6.07, 6.45) is 6.08. The minimum atomic E-state index is 0.314. The Morgan fingerprint density at radius 2 is 2.15 bits per heavy atom. The summed E-state index contributed by atoms with van der Waals surface area (Å²) in [6.45, 7) is 10.0. The summed E-state index contributed by atoms with van der Waals surface area (Å²) in [5, 5.41) is 6.75. The van der Waals surface area contributed by atoms with Crippen molar-refractivity contribution in [1.29, 1.82) is 0 Å². The first-order valence-corrected chi connectivity index (χ1v) is 10.3. The molecule has 2 aliphatic rings. The van der Waals surface area contributed by atoms with Crippen molar-refractivity contribution >= 4 is 5.96 Å². The van der Waals surface area contributed by atoms with Crippen LogP contribution in [0, 0.1) is 0 Å². The van der Waals surface area contributed by atoms with Gasteiger partial charge in [0.15, 0.2) is 5.96 Å². The highest BCUT2D eigenvalue weighted by atomic mass is 16.5. The van der Waals surface area contributed by atoms with Gasteiger partial charge in [-0.05, 0) is 45.6 Å². The van der Waals surface area contributed by atoms with Crippen LogP contribution < -0.4 is 10.6 Å². The van der Waals surface area contributed by atoms with Gasteiger partial charge in [0, 0.05) is 46.0 Å². The molecule has 2 unspecified atom stereocenters. The van der Waals surface area contributed by atoms with Crippen molar-refractivity contribution in [3.8, 4) is 0 Å². The van der Waals surface area contributed by atoms with Crippen LogP contribution in [0.2, 0.25) is 0 Å². The molecule has 2 heterocycles. The van der Waals surface area contributed by atoms with Crippen molar-refractivity contribution in [3.63, 3.8) is 0 Å². The zero-order valence-electron chi connectivity index (χ0n) is 16.7. The molecule has 0 radical (unpaired) electrons. The van der Waals surface area contributed by atoms with Gasteiger partial charge in [-0.25, -0.2) is 0 Å². The predicted molar refractivity (Wildman–Crippen MR) is 105 cm³/mol. The Kier molecular flexibility index (Phi) is 11.0. The van der Waals surface area contributed by atoms with E-state index in [-0.39, 0.29) is 0 Å². The van der Waals surface area contributed by atoms with Crippen LogP contribution >= 0.6 is 0 Å². The number of nitrogens with one attached hydrogen (secondary N) is 2. The summed E-state index contributed by atoms with van der Waals surface area (Å²) in [6, 6.07) is 0.537. The van der Waals surface area contributed by atoms with Crippen molar-refractivity contribution in [2.75, 3.05) is 66.3 Å². The summed E-state index contributed by atoms with van der Waals surface area (Å²) in [5.41, 5.74) is 0. The molecule has 0 amide bonds. The lowest BCUT2D eigenvalue weighted by molar-refractivity contribution is 0.0168. The third-order valence-electron chi connectivity index (χ3n) is 4.97. The smallest absolute Gasteiger partial charge is 0.191 e. The highest BCUT2D eigenvalue weighted by Gasteiger charge is 2.23. The fourth-order valence-corrected chi connectivity index (χ4v) is 3.51. The van der Waals surface area contributed by atoms with Crippen LogP contribution in [-0.2, 0) is 14.2 Å². The minimum Gasteiger partial charge on any atom is -0.383 e. The molecule has 2 N–H and O–H groups in total. The van der Waals surface area contributed by atoms with Crippen LogP contribution in [-0.4, -0.2) is 89.3 Å². The number of nitrogens with zero attached hydrogens (tertiary/aromatic N) is 2. The number of rotatable bonds is 12. The molecule has 2 saturated heterocycles. The number of methoxy groups -OCH3 is 1. The average molecular weight is 371 g/mol. The van der Waals surface area contributed by atoms with Gasteiger partial charge in [-0.1, -0.05) is 0 Å². The first-order valence-electron chi connectivity index (χ1n) is 10.3. The topological polar surface area (TPSA) is 67.4 Å². The molecule has 0 spiro atoms. The fourth-order valence-electron chi connectivity index (χ4n) is 3.51. The van der Waals surface area contributed by atoms with Gasteiger partial charge in [-0.3, -0.25) is 9.89 Å². The van der Waals surface area contributed by atoms with E-state index >= 15 is 0 Å². The second-order valence-electron chi connectivity index (χ2n) is 7.03. The number of hydrogen-bond donors (Lipinski definition) is 2. The largest absolute Gasteiger partial charge is 0.383 e. The van der Waals surface area contributed by atoms with Gasteiger partial charge in [0.05, 0.1) is 25.9 Å². The first-order chi connectivity index (χ1) is 12.8. The Morgan fingerprint density at radius 1 is 1.23 bits per heavy atom. The Morgan fingerprint density at radius 3 is 2.92 bits per heavy atom. The van der Waals surface area contributed by atoms with E-state index in [4.69, 9.17) is 19.2 Å². The Bertz CT molecular complexity index is 389. The maximum Gasteiger partial charge on any atom is 0.191 e. The molecule has 2 rings (SSSR count). The van der Waals surface area contributed by atoms with Gasteiger partial charge < -0.3 is 24.8 Å². The van der Waals surface area contributed by atoms with Gasteiger partial charge in [0.1, 0.15) is 0 Å². The molecule has 7 heteroatoms. The molecular formula is C19H38N4O3. The predicted octanol–water partition coefficient (Wildman–Crippen LogP) is 1.24. The van der Waals surface area contributed by atoms with E-state index in [1.54, 1.807) is 7.11 Å². The quantitative estimate of drug-likeness (QED) is 0.306. The van der Waals surface area contributed by atoms with E-state index in [9.17, 15) is 0 Å². The zero-order chi connectivity index (χ0) is 18.5.